The van der Waals surface area contributed by atoms with Gasteiger partial charge in [0.05, 0.1) is 0 Å². The van der Waals surface area contributed by atoms with Gasteiger partial charge >= 0.3 is 5.97 Å². The molecule has 8 heteroatoms. The summed E-state index contributed by atoms with van der Waals surface area (Å²) in [5.41, 5.74) is 1.72. The molecule has 3 rings (SSSR count). The van der Waals surface area contributed by atoms with Crippen LogP contribution in [0, 0.1) is 0 Å². The Morgan fingerprint density at radius 2 is 1.15 bits per heavy atom. The molecule has 0 saturated heterocycles. The molecule has 0 saturated carbocycles. The standard InChI is InChI=1S/C26H23NO5S2/c28-22(27-21(23(29)30)17-16-18-10-4-1-5-11-18)26(33-24(31)19-12-6-2-7-13-19)34-25(32)20-14-8-3-9-15-20/h1-15,21,26H,16-17H2,(H,27,28)(H,29,30). The molecular weight excluding hydrogens is 470 g/mol. The lowest BCUT2D eigenvalue weighted by molar-refractivity contribution is -0.141. The molecule has 0 aromatic heterocycles. The van der Waals surface area contributed by atoms with Crippen LogP contribution in [-0.2, 0) is 16.0 Å². The molecule has 6 nitrogen and oxygen atoms in total. The van der Waals surface area contributed by atoms with Crippen LogP contribution >= 0.6 is 23.5 Å². The van der Waals surface area contributed by atoms with Crippen LogP contribution in [0.2, 0.25) is 0 Å². The van der Waals surface area contributed by atoms with Crippen molar-refractivity contribution in [1.82, 2.24) is 5.32 Å². The van der Waals surface area contributed by atoms with Gasteiger partial charge in [-0.25, -0.2) is 4.79 Å². The zero-order valence-electron chi connectivity index (χ0n) is 18.1. The van der Waals surface area contributed by atoms with Crippen molar-refractivity contribution in [1.29, 1.82) is 0 Å². The van der Waals surface area contributed by atoms with Crippen molar-refractivity contribution >= 4 is 45.6 Å². The van der Waals surface area contributed by atoms with Crippen molar-refractivity contribution < 1.29 is 24.3 Å². The second-order valence-electron chi connectivity index (χ2n) is 7.30. The Balaban J connectivity index is 1.74. The van der Waals surface area contributed by atoms with Gasteiger partial charge in [0.2, 0.25) is 16.1 Å². The van der Waals surface area contributed by atoms with E-state index in [1.807, 2.05) is 30.3 Å². The van der Waals surface area contributed by atoms with Crippen LogP contribution in [-0.4, -0.2) is 37.8 Å². The van der Waals surface area contributed by atoms with Crippen LogP contribution in [0.15, 0.2) is 91.0 Å². The maximum atomic E-state index is 13.1. The van der Waals surface area contributed by atoms with Crippen LogP contribution in [0.1, 0.15) is 32.7 Å². The van der Waals surface area contributed by atoms with Crippen LogP contribution in [0.4, 0.5) is 0 Å². The van der Waals surface area contributed by atoms with Crippen molar-refractivity contribution in [3.63, 3.8) is 0 Å². The normalized spacial score (nSPS) is 11.6. The van der Waals surface area contributed by atoms with E-state index >= 15 is 0 Å². The van der Waals surface area contributed by atoms with E-state index in [1.54, 1.807) is 60.7 Å². The van der Waals surface area contributed by atoms with E-state index in [0.717, 1.165) is 5.56 Å². The second kappa shape index (κ2) is 12.8. The third-order valence-corrected chi connectivity index (χ3v) is 7.17. The number of thioether (sulfide) groups is 2. The van der Waals surface area contributed by atoms with E-state index in [2.05, 4.69) is 5.32 Å². The second-order valence-corrected chi connectivity index (χ2v) is 9.75. The molecule has 0 radical (unpaired) electrons. The van der Waals surface area contributed by atoms with Gasteiger partial charge in [0.15, 0.2) is 0 Å². The van der Waals surface area contributed by atoms with Crippen LogP contribution in [0.25, 0.3) is 0 Å². The lowest BCUT2D eigenvalue weighted by Gasteiger charge is -2.19. The van der Waals surface area contributed by atoms with Crippen LogP contribution in [0.5, 0.6) is 0 Å². The average Bonchev–Trinajstić information content (AvgIpc) is 2.87. The molecule has 1 atom stereocenters. The van der Waals surface area contributed by atoms with Gasteiger partial charge in [0.25, 0.3) is 0 Å². The van der Waals surface area contributed by atoms with E-state index in [1.165, 1.54) is 0 Å². The molecular formula is C26H23NO5S2. The van der Waals surface area contributed by atoms with Crippen molar-refractivity contribution in [2.24, 2.45) is 0 Å². The summed E-state index contributed by atoms with van der Waals surface area (Å²) >= 11 is 1.39. The predicted octanol–water partition coefficient (Wildman–Crippen LogP) is 4.66. The molecule has 174 valence electrons. The van der Waals surface area contributed by atoms with Gasteiger partial charge in [-0.05, 0) is 18.4 Å². The Hall–Kier alpha value is -3.36. The van der Waals surface area contributed by atoms with E-state index < -0.39 is 22.5 Å². The summed E-state index contributed by atoms with van der Waals surface area (Å²) in [5.74, 6) is -1.87. The summed E-state index contributed by atoms with van der Waals surface area (Å²) in [7, 11) is 0. The van der Waals surface area contributed by atoms with Gasteiger partial charge < -0.3 is 10.4 Å². The maximum Gasteiger partial charge on any atom is 0.326 e. The largest absolute Gasteiger partial charge is 0.480 e. The summed E-state index contributed by atoms with van der Waals surface area (Å²) in [6.45, 7) is 0. The minimum Gasteiger partial charge on any atom is -0.480 e. The van der Waals surface area contributed by atoms with Crippen molar-refractivity contribution in [3.05, 3.63) is 108 Å². The number of aliphatic carboxylic acids is 1. The Morgan fingerprint density at radius 3 is 1.59 bits per heavy atom. The highest BCUT2D eigenvalue weighted by Gasteiger charge is 2.30. The highest BCUT2D eigenvalue weighted by atomic mass is 32.2. The van der Waals surface area contributed by atoms with E-state index in [4.69, 9.17) is 0 Å². The quantitative estimate of drug-likeness (QED) is 0.396. The van der Waals surface area contributed by atoms with Gasteiger partial charge in [0.1, 0.15) is 10.6 Å². The molecule has 0 aliphatic heterocycles. The first-order valence-corrected chi connectivity index (χ1v) is 12.3. The molecule has 0 aliphatic carbocycles. The minimum atomic E-state index is -1.18. The van der Waals surface area contributed by atoms with Gasteiger partial charge in [-0.3, -0.25) is 14.4 Å². The zero-order chi connectivity index (χ0) is 24.3. The number of nitrogens with one attached hydrogen (secondary N) is 1. The molecule has 0 fully saturated rings. The number of aryl methyl sites for hydroxylation is 1. The van der Waals surface area contributed by atoms with E-state index in [0.29, 0.717) is 41.1 Å². The van der Waals surface area contributed by atoms with Gasteiger partial charge in [-0.1, -0.05) is 115 Å². The summed E-state index contributed by atoms with van der Waals surface area (Å²) < 4.78 is -1.15. The van der Waals surface area contributed by atoms with Crippen molar-refractivity contribution in [2.75, 3.05) is 0 Å². The predicted molar refractivity (Wildman–Crippen MR) is 135 cm³/mol. The number of carboxylic acid groups (broad SMARTS) is 1. The summed E-state index contributed by atoms with van der Waals surface area (Å²) in [6, 6.07) is 25.0. The van der Waals surface area contributed by atoms with Gasteiger partial charge in [-0.15, -0.1) is 0 Å². The summed E-state index contributed by atoms with van der Waals surface area (Å²) in [4.78, 5) is 50.4. The van der Waals surface area contributed by atoms with Crippen LogP contribution in [0.3, 0.4) is 0 Å². The number of amides is 1. The number of carbonyl (C=O) groups excluding carboxylic acids is 3. The number of rotatable bonds is 10. The lowest BCUT2D eigenvalue weighted by Crippen LogP contribution is -2.44. The molecule has 1 unspecified atom stereocenters. The highest BCUT2D eigenvalue weighted by Crippen LogP contribution is 2.30. The number of hydrogen-bond acceptors (Lipinski definition) is 6. The minimum absolute atomic E-state index is 0.173. The fourth-order valence-corrected chi connectivity index (χ4v) is 5.06. The fourth-order valence-electron chi connectivity index (χ4n) is 3.06. The van der Waals surface area contributed by atoms with Crippen LogP contribution < -0.4 is 5.32 Å². The molecule has 0 heterocycles. The highest BCUT2D eigenvalue weighted by molar-refractivity contribution is 8.31. The van der Waals surface area contributed by atoms with Crippen molar-refractivity contribution in [2.45, 2.75) is 23.5 Å². The van der Waals surface area contributed by atoms with Gasteiger partial charge in [0, 0.05) is 11.1 Å². The molecule has 3 aromatic carbocycles. The Labute approximate surface area is 206 Å². The first-order valence-electron chi connectivity index (χ1n) is 10.5. The zero-order valence-corrected chi connectivity index (χ0v) is 19.8. The van der Waals surface area contributed by atoms with E-state index in [9.17, 15) is 24.3 Å². The number of carboxylic acids is 1. The number of hydrogen-bond donors (Lipinski definition) is 2. The summed E-state index contributed by atoms with van der Waals surface area (Å²) in [6.07, 6.45) is 0.626. The molecule has 0 bridgehead atoms. The molecule has 0 spiro atoms. The lowest BCUT2D eigenvalue weighted by atomic mass is 10.1. The fraction of sp³-hybridized carbons (Fsp3) is 0.154. The topological polar surface area (TPSA) is 101 Å². The first-order chi connectivity index (χ1) is 16.4. The Kier molecular flexibility index (Phi) is 9.49. The maximum absolute atomic E-state index is 13.1. The SMILES string of the molecule is O=C(SC(SC(=O)c1ccccc1)C(=O)NC(CCc1ccccc1)C(=O)O)c1ccccc1. The molecule has 0 aliphatic rings. The molecule has 2 N–H and O–H groups in total. The van der Waals surface area contributed by atoms with E-state index in [-0.39, 0.29) is 16.7 Å². The summed E-state index contributed by atoms with van der Waals surface area (Å²) in [5, 5.41) is 11.4. The van der Waals surface area contributed by atoms with Gasteiger partial charge in [-0.2, -0.15) is 0 Å². The average molecular weight is 494 g/mol. The van der Waals surface area contributed by atoms with Crippen molar-refractivity contribution in [3.8, 4) is 0 Å². The molecule has 34 heavy (non-hydrogen) atoms. The first kappa shape index (κ1) is 25.3. The Bertz CT molecular complexity index is 1070. The monoisotopic (exact) mass is 493 g/mol. The molecule has 1 amide bonds. The smallest absolute Gasteiger partial charge is 0.326 e. The number of benzene rings is 3. The third kappa shape index (κ3) is 7.60. The molecule has 3 aromatic rings. The Morgan fingerprint density at radius 1 is 0.706 bits per heavy atom. The third-order valence-electron chi connectivity index (χ3n) is 4.84. The number of carbonyl (C=O) groups is 4.